The van der Waals surface area contributed by atoms with Gasteiger partial charge in [-0.2, -0.15) is 0 Å². The first-order valence-electron chi connectivity index (χ1n) is 6.81. The topological polar surface area (TPSA) is 66.8 Å². The molecule has 1 aromatic carbocycles. The molecule has 0 aliphatic rings. The number of carboxylic acids is 1. The fourth-order valence-corrected chi connectivity index (χ4v) is 1.76. The summed E-state index contributed by atoms with van der Waals surface area (Å²) in [6.45, 7) is 2.30. The van der Waals surface area contributed by atoms with Crippen LogP contribution in [0.25, 0.3) is 0 Å². The van der Waals surface area contributed by atoms with Gasteiger partial charge in [-0.3, -0.25) is 9.69 Å². The third-order valence-electron chi connectivity index (χ3n) is 2.82. The highest BCUT2D eigenvalue weighted by atomic mass is 16.6. The number of hydrogen-bond acceptors (Lipinski definition) is 3. The van der Waals surface area contributed by atoms with Crippen LogP contribution in [-0.4, -0.2) is 35.2 Å². The monoisotopic (exact) mass is 279 g/mol. The summed E-state index contributed by atoms with van der Waals surface area (Å²) < 4.78 is 5.15. The standard InChI is InChI=1S/C15H21NO4/c1-2-3-7-10-16(11-14(17)18)15(19)20-12-13-8-5-4-6-9-13/h4-6,8-9H,2-3,7,10-12H2,1H3,(H,17,18). The number of unbranched alkanes of at least 4 members (excludes halogenated alkanes) is 2. The fraction of sp³-hybridized carbons (Fsp3) is 0.467. The summed E-state index contributed by atoms with van der Waals surface area (Å²) in [4.78, 5) is 23.9. The average Bonchev–Trinajstić information content (AvgIpc) is 2.44. The maximum Gasteiger partial charge on any atom is 0.410 e. The number of carbonyl (C=O) groups excluding carboxylic acids is 1. The molecule has 1 aromatic rings. The molecule has 110 valence electrons. The lowest BCUT2D eigenvalue weighted by molar-refractivity contribution is -0.138. The largest absolute Gasteiger partial charge is 0.480 e. The summed E-state index contributed by atoms with van der Waals surface area (Å²) in [6, 6.07) is 9.31. The van der Waals surface area contributed by atoms with E-state index in [-0.39, 0.29) is 13.2 Å². The summed E-state index contributed by atoms with van der Waals surface area (Å²) in [5, 5.41) is 8.83. The quantitative estimate of drug-likeness (QED) is 0.743. The van der Waals surface area contributed by atoms with Gasteiger partial charge in [0.25, 0.3) is 0 Å². The summed E-state index contributed by atoms with van der Waals surface area (Å²) >= 11 is 0. The molecule has 0 aliphatic heterocycles. The minimum absolute atomic E-state index is 0.156. The Morgan fingerprint density at radius 2 is 1.90 bits per heavy atom. The normalized spacial score (nSPS) is 10.1. The lowest BCUT2D eigenvalue weighted by Gasteiger charge is -2.20. The maximum absolute atomic E-state index is 11.9. The zero-order valence-electron chi connectivity index (χ0n) is 11.7. The van der Waals surface area contributed by atoms with E-state index in [0.717, 1.165) is 24.8 Å². The number of nitrogens with zero attached hydrogens (tertiary/aromatic N) is 1. The van der Waals surface area contributed by atoms with Crippen LogP contribution < -0.4 is 0 Å². The molecule has 20 heavy (non-hydrogen) atoms. The van der Waals surface area contributed by atoms with Crippen molar-refractivity contribution in [2.45, 2.75) is 32.8 Å². The van der Waals surface area contributed by atoms with Gasteiger partial charge in [0.2, 0.25) is 0 Å². The van der Waals surface area contributed by atoms with Crippen molar-refractivity contribution in [3.63, 3.8) is 0 Å². The zero-order chi connectivity index (χ0) is 14.8. The van der Waals surface area contributed by atoms with Gasteiger partial charge in [-0.1, -0.05) is 50.1 Å². The van der Waals surface area contributed by atoms with Gasteiger partial charge in [0.15, 0.2) is 0 Å². The van der Waals surface area contributed by atoms with Gasteiger partial charge in [-0.05, 0) is 12.0 Å². The second-order valence-electron chi connectivity index (χ2n) is 4.56. The number of rotatable bonds is 8. The van der Waals surface area contributed by atoms with Crippen LogP contribution in [0, 0.1) is 0 Å². The summed E-state index contributed by atoms with van der Waals surface area (Å²) in [7, 11) is 0. The van der Waals surface area contributed by atoms with Crippen LogP contribution in [0.2, 0.25) is 0 Å². The van der Waals surface area contributed by atoms with E-state index in [9.17, 15) is 9.59 Å². The van der Waals surface area contributed by atoms with Crippen LogP contribution in [0.3, 0.4) is 0 Å². The van der Waals surface area contributed by atoms with Crippen molar-refractivity contribution >= 4 is 12.1 Å². The van der Waals surface area contributed by atoms with E-state index >= 15 is 0 Å². The molecule has 0 radical (unpaired) electrons. The van der Waals surface area contributed by atoms with Crippen LogP contribution in [0.4, 0.5) is 4.79 Å². The predicted octanol–water partition coefficient (Wildman–Crippen LogP) is 2.90. The minimum atomic E-state index is -1.03. The molecule has 0 aromatic heterocycles. The second-order valence-corrected chi connectivity index (χ2v) is 4.56. The van der Waals surface area contributed by atoms with E-state index in [1.807, 2.05) is 30.3 Å². The molecule has 0 heterocycles. The second kappa shape index (κ2) is 8.96. The number of carboxylic acid groups (broad SMARTS) is 1. The molecule has 1 N–H and O–H groups in total. The Kier molecular flexibility index (Phi) is 7.17. The third-order valence-corrected chi connectivity index (χ3v) is 2.82. The molecule has 1 rings (SSSR count). The number of amides is 1. The molecule has 1 amide bonds. The Morgan fingerprint density at radius 3 is 2.50 bits per heavy atom. The molecular weight excluding hydrogens is 258 g/mol. The van der Waals surface area contributed by atoms with E-state index in [1.54, 1.807) is 0 Å². The van der Waals surface area contributed by atoms with E-state index < -0.39 is 12.1 Å². The van der Waals surface area contributed by atoms with Gasteiger partial charge < -0.3 is 9.84 Å². The molecule has 0 aliphatic carbocycles. The molecule has 0 bridgehead atoms. The fourth-order valence-electron chi connectivity index (χ4n) is 1.76. The molecule has 5 nitrogen and oxygen atoms in total. The zero-order valence-corrected chi connectivity index (χ0v) is 11.7. The number of benzene rings is 1. The molecule has 0 unspecified atom stereocenters. The highest BCUT2D eigenvalue weighted by Crippen LogP contribution is 2.05. The van der Waals surface area contributed by atoms with E-state index in [2.05, 4.69) is 6.92 Å². The van der Waals surface area contributed by atoms with Crippen LogP contribution in [0.15, 0.2) is 30.3 Å². The summed E-state index contributed by atoms with van der Waals surface area (Å²) in [5.41, 5.74) is 0.879. The van der Waals surface area contributed by atoms with Crippen molar-refractivity contribution in [2.75, 3.05) is 13.1 Å². The lowest BCUT2D eigenvalue weighted by atomic mass is 10.2. The molecule has 0 atom stereocenters. The van der Waals surface area contributed by atoms with E-state index in [4.69, 9.17) is 9.84 Å². The number of aliphatic carboxylic acids is 1. The lowest BCUT2D eigenvalue weighted by Crippen LogP contribution is -2.36. The summed E-state index contributed by atoms with van der Waals surface area (Å²) in [5.74, 6) is -1.03. The maximum atomic E-state index is 11.9. The van der Waals surface area contributed by atoms with Gasteiger partial charge in [0, 0.05) is 6.54 Å². The highest BCUT2D eigenvalue weighted by Gasteiger charge is 2.17. The number of ether oxygens (including phenoxy) is 1. The van der Waals surface area contributed by atoms with Gasteiger partial charge in [0.1, 0.15) is 13.2 Å². The van der Waals surface area contributed by atoms with E-state index in [1.165, 1.54) is 4.90 Å². The van der Waals surface area contributed by atoms with Crippen molar-refractivity contribution in [2.24, 2.45) is 0 Å². The van der Waals surface area contributed by atoms with Crippen molar-refractivity contribution in [1.29, 1.82) is 0 Å². The predicted molar refractivity (Wildman–Crippen MR) is 75.4 cm³/mol. The SMILES string of the molecule is CCCCCN(CC(=O)O)C(=O)OCc1ccccc1. The van der Waals surface area contributed by atoms with Gasteiger partial charge in [-0.15, -0.1) is 0 Å². The van der Waals surface area contributed by atoms with Crippen molar-refractivity contribution < 1.29 is 19.4 Å². The Labute approximate surface area is 119 Å². The van der Waals surface area contributed by atoms with Gasteiger partial charge >= 0.3 is 12.1 Å². The van der Waals surface area contributed by atoms with Crippen molar-refractivity contribution in [1.82, 2.24) is 4.90 Å². The summed E-state index contributed by atoms with van der Waals surface area (Å²) in [6.07, 6.45) is 2.18. The van der Waals surface area contributed by atoms with Crippen LogP contribution in [0.1, 0.15) is 31.7 Å². The van der Waals surface area contributed by atoms with E-state index in [0.29, 0.717) is 6.54 Å². The van der Waals surface area contributed by atoms with Gasteiger partial charge in [-0.25, -0.2) is 4.79 Å². The Morgan fingerprint density at radius 1 is 1.20 bits per heavy atom. The Balaban J connectivity index is 2.47. The number of carbonyl (C=O) groups is 2. The smallest absolute Gasteiger partial charge is 0.410 e. The minimum Gasteiger partial charge on any atom is -0.480 e. The molecular formula is C15H21NO4. The Hall–Kier alpha value is -2.04. The third kappa shape index (κ3) is 6.22. The Bertz CT molecular complexity index is 419. The number of hydrogen-bond donors (Lipinski definition) is 1. The molecule has 0 spiro atoms. The molecule has 0 saturated heterocycles. The van der Waals surface area contributed by atoms with Crippen molar-refractivity contribution in [3.8, 4) is 0 Å². The molecule has 0 saturated carbocycles. The van der Waals surface area contributed by atoms with Gasteiger partial charge in [0.05, 0.1) is 0 Å². The first-order valence-corrected chi connectivity index (χ1v) is 6.81. The molecule has 0 fully saturated rings. The van der Waals surface area contributed by atoms with Crippen LogP contribution in [-0.2, 0) is 16.1 Å². The first kappa shape index (κ1) is 16.0. The first-order chi connectivity index (χ1) is 9.63. The van der Waals surface area contributed by atoms with Crippen LogP contribution in [0.5, 0.6) is 0 Å². The van der Waals surface area contributed by atoms with Crippen LogP contribution >= 0.6 is 0 Å². The van der Waals surface area contributed by atoms with Crippen molar-refractivity contribution in [3.05, 3.63) is 35.9 Å². The highest BCUT2D eigenvalue weighted by molar-refractivity contribution is 5.76. The average molecular weight is 279 g/mol. The molecule has 5 heteroatoms.